The van der Waals surface area contributed by atoms with Crippen molar-refractivity contribution in [1.29, 1.82) is 5.26 Å². The molecule has 19 heavy (non-hydrogen) atoms. The van der Waals surface area contributed by atoms with Crippen LogP contribution < -0.4 is 4.74 Å². The van der Waals surface area contributed by atoms with Gasteiger partial charge in [-0.1, -0.05) is 0 Å². The minimum atomic E-state index is 0.669. The summed E-state index contributed by atoms with van der Waals surface area (Å²) in [5, 5.41) is 9.46. The topological polar surface area (TPSA) is 42.2 Å². The summed E-state index contributed by atoms with van der Waals surface area (Å²) in [5.74, 6) is 1.98. The van der Waals surface area contributed by atoms with Crippen LogP contribution in [0.1, 0.15) is 24.8 Å². The van der Waals surface area contributed by atoms with Crippen LogP contribution in [0.3, 0.4) is 0 Å². The molecule has 0 spiro atoms. The number of nitriles is 1. The Morgan fingerprint density at radius 1 is 1.26 bits per heavy atom. The van der Waals surface area contributed by atoms with Gasteiger partial charge >= 0.3 is 0 Å². The molecule has 0 atom stereocenters. The summed E-state index contributed by atoms with van der Waals surface area (Å²) in [7, 11) is 0. The summed E-state index contributed by atoms with van der Waals surface area (Å²) in [4.78, 5) is 0. The Hall–Kier alpha value is -1.18. The van der Waals surface area contributed by atoms with Gasteiger partial charge in [0.1, 0.15) is 5.75 Å². The highest BCUT2D eigenvalue weighted by Crippen LogP contribution is 2.22. The molecule has 0 amide bonds. The van der Waals surface area contributed by atoms with E-state index in [-0.39, 0.29) is 0 Å². The molecule has 1 fully saturated rings. The summed E-state index contributed by atoms with van der Waals surface area (Å²) >= 11 is 2.04. The first kappa shape index (κ1) is 14.2. The van der Waals surface area contributed by atoms with Crippen molar-refractivity contribution < 1.29 is 9.47 Å². The molecular formula is C15H19NO2S. The number of ether oxygens (including phenoxy) is 2. The molecule has 1 aliphatic rings. The molecule has 1 heterocycles. The van der Waals surface area contributed by atoms with E-state index in [1.54, 1.807) is 12.1 Å². The summed E-state index contributed by atoms with van der Waals surface area (Å²) in [6.45, 7) is 2.57. The quantitative estimate of drug-likeness (QED) is 0.749. The van der Waals surface area contributed by atoms with Gasteiger partial charge < -0.3 is 9.47 Å². The summed E-state index contributed by atoms with van der Waals surface area (Å²) in [5.41, 5.74) is 0.669. The molecule has 2 rings (SSSR count). The van der Waals surface area contributed by atoms with E-state index in [1.807, 2.05) is 23.9 Å². The van der Waals surface area contributed by atoms with Crippen molar-refractivity contribution in [2.75, 3.05) is 25.6 Å². The highest BCUT2D eigenvalue weighted by Gasteiger charge is 2.13. The first-order valence-corrected chi connectivity index (χ1v) is 7.75. The Kier molecular flexibility index (Phi) is 6.06. The van der Waals surface area contributed by atoms with E-state index < -0.39 is 0 Å². The first-order chi connectivity index (χ1) is 9.38. The average molecular weight is 277 g/mol. The molecule has 3 nitrogen and oxygen atoms in total. The van der Waals surface area contributed by atoms with Gasteiger partial charge in [0, 0.05) is 18.5 Å². The molecule has 0 unspecified atom stereocenters. The molecule has 0 radical (unpaired) electrons. The highest BCUT2D eigenvalue weighted by molar-refractivity contribution is 7.99. The van der Waals surface area contributed by atoms with Crippen LogP contribution in [0, 0.1) is 11.3 Å². The molecule has 1 saturated heterocycles. The number of hydrogen-bond donors (Lipinski definition) is 0. The predicted molar refractivity (Wildman–Crippen MR) is 77.6 cm³/mol. The minimum absolute atomic E-state index is 0.669. The maximum Gasteiger partial charge on any atom is 0.119 e. The Bertz CT molecular complexity index is 407. The smallest absolute Gasteiger partial charge is 0.119 e. The molecule has 0 aromatic heterocycles. The van der Waals surface area contributed by atoms with Gasteiger partial charge in [0.2, 0.25) is 0 Å². The van der Waals surface area contributed by atoms with Crippen LogP contribution >= 0.6 is 11.8 Å². The van der Waals surface area contributed by atoms with Gasteiger partial charge in [-0.15, -0.1) is 0 Å². The lowest BCUT2D eigenvalue weighted by Crippen LogP contribution is -2.18. The van der Waals surface area contributed by atoms with E-state index >= 15 is 0 Å². The van der Waals surface area contributed by atoms with Gasteiger partial charge in [0.25, 0.3) is 0 Å². The monoisotopic (exact) mass is 277 g/mol. The van der Waals surface area contributed by atoms with Gasteiger partial charge in [-0.25, -0.2) is 0 Å². The van der Waals surface area contributed by atoms with Crippen LogP contribution in [-0.4, -0.2) is 30.8 Å². The zero-order chi connectivity index (χ0) is 13.3. The molecule has 0 saturated carbocycles. The number of hydrogen-bond acceptors (Lipinski definition) is 4. The van der Waals surface area contributed by atoms with E-state index in [0.717, 1.165) is 43.0 Å². The van der Waals surface area contributed by atoms with E-state index in [0.29, 0.717) is 5.56 Å². The highest BCUT2D eigenvalue weighted by atomic mass is 32.2. The summed E-state index contributed by atoms with van der Waals surface area (Å²) in [6.07, 6.45) is 3.42. The van der Waals surface area contributed by atoms with Crippen molar-refractivity contribution in [1.82, 2.24) is 0 Å². The van der Waals surface area contributed by atoms with Crippen LogP contribution in [0.25, 0.3) is 0 Å². The largest absolute Gasteiger partial charge is 0.494 e. The summed E-state index contributed by atoms with van der Waals surface area (Å²) in [6, 6.07) is 9.37. The van der Waals surface area contributed by atoms with Crippen molar-refractivity contribution in [2.45, 2.75) is 24.5 Å². The van der Waals surface area contributed by atoms with Gasteiger partial charge in [-0.2, -0.15) is 17.0 Å². The van der Waals surface area contributed by atoms with Crippen LogP contribution in [0.4, 0.5) is 0 Å². The molecule has 1 aromatic rings. The lowest BCUT2D eigenvalue weighted by molar-refractivity contribution is 0.1000. The number of thioether (sulfide) groups is 1. The third-order valence-corrected chi connectivity index (χ3v) is 4.53. The molecule has 0 bridgehead atoms. The average Bonchev–Trinajstić information content (AvgIpc) is 2.49. The third-order valence-electron chi connectivity index (χ3n) is 3.06. The zero-order valence-corrected chi connectivity index (χ0v) is 11.8. The normalized spacial score (nSPS) is 15.9. The molecule has 4 heteroatoms. The fraction of sp³-hybridized carbons (Fsp3) is 0.533. The van der Waals surface area contributed by atoms with Gasteiger partial charge in [-0.3, -0.25) is 0 Å². The molecule has 0 aliphatic carbocycles. The van der Waals surface area contributed by atoms with Crippen LogP contribution in [0.15, 0.2) is 24.3 Å². The summed E-state index contributed by atoms with van der Waals surface area (Å²) < 4.78 is 11.0. The van der Waals surface area contributed by atoms with E-state index in [9.17, 15) is 0 Å². The Morgan fingerprint density at radius 3 is 2.68 bits per heavy atom. The Labute approximate surface area is 118 Å². The zero-order valence-electron chi connectivity index (χ0n) is 11.0. The molecular weight excluding hydrogens is 258 g/mol. The number of rotatable bonds is 6. The SMILES string of the molecule is N#Cc1ccc(OCCCSC2CCOCC2)cc1. The maximum absolute atomic E-state index is 8.70. The van der Waals surface area contributed by atoms with E-state index in [2.05, 4.69) is 6.07 Å². The van der Waals surface area contributed by atoms with Crippen molar-refractivity contribution in [3.05, 3.63) is 29.8 Å². The Morgan fingerprint density at radius 2 is 2.00 bits per heavy atom. The molecule has 102 valence electrons. The van der Waals surface area contributed by atoms with Crippen molar-refractivity contribution in [3.63, 3.8) is 0 Å². The molecule has 0 N–H and O–H groups in total. The first-order valence-electron chi connectivity index (χ1n) is 6.71. The van der Waals surface area contributed by atoms with Crippen LogP contribution in [0.2, 0.25) is 0 Å². The van der Waals surface area contributed by atoms with Gasteiger partial charge in [-0.05, 0) is 49.3 Å². The van der Waals surface area contributed by atoms with E-state index in [4.69, 9.17) is 14.7 Å². The van der Waals surface area contributed by atoms with Crippen LogP contribution in [-0.2, 0) is 4.74 Å². The van der Waals surface area contributed by atoms with Crippen molar-refractivity contribution >= 4 is 11.8 Å². The lowest BCUT2D eigenvalue weighted by Gasteiger charge is -2.21. The minimum Gasteiger partial charge on any atom is -0.494 e. The fourth-order valence-electron chi connectivity index (χ4n) is 1.97. The lowest BCUT2D eigenvalue weighted by atomic mass is 10.2. The second kappa shape index (κ2) is 8.08. The Balaban J connectivity index is 1.57. The van der Waals surface area contributed by atoms with Gasteiger partial charge in [0.15, 0.2) is 0 Å². The van der Waals surface area contributed by atoms with Crippen LogP contribution in [0.5, 0.6) is 5.75 Å². The third kappa shape index (κ3) is 5.14. The number of benzene rings is 1. The predicted octanol–water partition coefficient (Wildman–Crippen LogP) is 3.24. The van der Waals surface area contributed by atoms with Crippen molar-refractivity contribution in [3.8, 4) is 11.8 Å². The second-order valence-electron chi connectivity index (χ2n) is 4.52. The number of nitrogens with zero attached hydrogens (tertiary/aromatic N) is 1. The maximum atomic E-state index is 8.70. The standard InChI is InChI=1S/C15H19NO2S/c16-12-13-2-4-14(5-3-13)18-8-1-11-19-15-6-9-17-10-7-15/h2-5,15H,1,6-11H2. The fourth-order valence-corrected chi connectivity index (χ4v) is 3.11. The molecule has 1 aliphatic heterocycles. The second-order valence-corrected chi connectivity index (χ2v) is 5.93. The van der Waals surface area contributed by atoms with Crippen molar-refractivity contribution in [2.24, 2.45) is 0 Å². The van der Waals surface area contributed by atoms with Gasteiger partial charge in [0.05, 0.1) is 18.2 Å². The molecule has 1 aromatic carbocycles. The van der Waals surface area contributed by atoms with E-state index in [1.165, 1.54) is 12.8 Å².